The van der Waals surface area contributed by atoms with Gasteiger partial charge >= 0.3 is 0 Å². The lowest BCUT2D eigenvalue weighted by Crippen LogP contribution is -2.29. The molecule has 1 aliphatic rings. The number of nitrogens with zero attached hydrogens (tertiary/aromatic N) is 3. The van der Waals surface area contributed by atoms with E-state index in [-0.39, 0.29) is 11.5 Å². The molecule has 1 saturated heterocycles. The van der Waals surface area contributed by atoms with E-state index >= 15 is 0 Å². The van der Waals surface area contributed by atoms with Gasteiger partial charge < -0.3 is 15.3 Å². The summed E-state index contributed by atoms with van der Waals surface area (Å²) in [5, 5.41) is 13.8. The standard InChI is InChI=1S/C32H32N4O2/c1-2-28(37)20-24-12-9-13-25(19-24)31-26(18-23-10-5-3-6-11-23)22-33-32(35-31)34-27-14-15-30(38)29(21-27)36-16-7-4-8-17-36/h2-3,5-6,9-15,19,21-22,38H,1,4,7-8,16-18,20H2,(H,33,34,35). The minimum absolute atomic E-state index is 0.0199. The molecule has 1 aromatic heterocycles. The molecule has 5 rings (SSSR count). The van der Waals surface area contributed by atoms with Crippen molar-refractivity contribution in [1.29, 1.82) is 0 Å². The molecule has 6 heteroatoms. The maximum absolute atomic E-state index is 12.0. The molecule has 0 radical (unpaired) electrons. The second-order valence-corrected chi connectivity index (χ2v) is 9.65. The molecule has 38 heavy (non-hydrogen) atoms. The first-order valence-corrected chi connectivity index (χ1v) is 13.1. The predicted molar refractivity (Wildman–Crippen MR) is 153 cm³/mol. The summed E-state index contributed by atoms with van der Waals surface area (Å²) in [7, 11) is 0. The van der Waals surface area contributed by atoms with E-state index in [1.165, 1.54) is 18.1 Å². The van der Waals surface area contributed by atoms with Gasteiger partial charge in [0.1, 0.15) is 5.75 Å². The van der Waals surface area contributed by atoms with E-state index in [1.807, 2.05) is 60.8 Å². The lowest BCUT2D eigenvalue weighted by Gasteiger charge is -2.29. The Balaban J connectivity index is 1.48. The average molecular weight is 505 g/mol. The Morgan fingerprint density at radius 3 is 2.55 bits per heavy atom. The van der Waals surface area contributed by atoms with Crippen LogP contribution >= 0.6 is 0 Å². The molecule has 0 saturated carbocycles. The van der Waals surface area contributed by atoms with Crippen LogP contribution in [0.1, 0.15) is 36.0 Å². The highest BCUT2D eigenvalue weighted by molar-refractivity contribution is 5.91. The fraction of sp³-hybridized carbons (Fsp3) is 0.219. The van der Waals surface area contributed by atoms with Gasteiger partial charge in [0.2, 0.25) is 5.95 Å². The van der Waals surface area contributed by atoms with Crippen LogP contribution in [0.4, 0.5) is 17.3 Å². The quantitative estimate of drug-likeness (QED) is 0.201. The smallest absolute Gasteiger partial charge is 0.227 e. The molecule has 0 atom stereocenters. The van der Waals surface area contributed by atoms with E-state index in [1.54, 1.807) is 6.07 Å². The van der Waals surface area contributed by atoms with Crippen LogP contribution in [-0.4, -0.2) is 33.9 Å². The number of piperidine rings is 1. The van der Waals surface area contributed by atoms with Crippen molar-refractivity contribution in [3.63, 3.8) is 0 Å². The molecule has 0 amide bonds. The molecule has 6 nitrogen and oxygen atoms in total. The van der Waals surface area contributed by atoms with Crippen LogP contribution in [0.25, 0.3) is 11.3 Å². The summed E-state index contributed by atoms with van der Waals surface area (Å²) in [6.45, 7) is 5.48. The average Bonchev–Trinajstić information content (AvgIpc) is 2.96. The molecule has 192 valence electrons. The molecule has 2 heterocycles. The lowest BCUT2D eigenvalue weighted by molar-refractivity contribution is -0.114. The van der Waals surface area contributed by atoms with Gasteiger partial charge in [-0.3, -0.25) is 4.79 Å². The Bertz CT molecular complexity index is 1430. The van der Waals surface area contributed by atoms with E-state index in [2.05, 4.69) is 33.9 Å². The number of carbonyl (C=O) groups is 1. The van der Waals surface area contributed by atoms with E-state index in [9.17, 15) is 9.90 Å². The summed E-state index contributed by atoms with van der Waals surface area (Å²) < 4.78 is 0. The van der Waals surface area contributed by atoms with Crippen molar-refractivity contribution in [1.82, 2.24) is 9.97 Å². The van der Waals surface area contributed by atoms with Gasteiger partial charge in [0.25, 0.3) is 0 Å². The molecule has 2 N–H and O–H groups in total. The predicted octanol–water partition coefficient (Wildman–Crippen LogP) is 6.47. The molecule has 1 aliphatic heterocycles. The van der Waals surface area contributed by atoms with Gasteiger partial charge in [0.15, 0.2) is 5.78 Å². The van der Waals surface area contributed by atoms with Crippen LogP contribution in [0, 0.1) is 0 Å². The Kier molecular flexibility index (Phi) is 7.78. The number of benzene rings is 3. The fourth-order valence-electron chi connectivity index (χ4n) is 4.88. The van der Waals surface area contributed by atoms with E-state index in [4.69, 9.17) is 4.98 Å². The third kappa shape index (κ3) is 6.09. The van der Waals surface area contributed by atoms with Gasteiger partial charge in [-0.25, -0.2) is 9.97 Å². The Labute approximate surface area is 223 Å². The molecule has 0 unspecified atom stereocenters. The van der Waals surface area contributed by atoms with Crippen molar-refractivity contribution in [2.45, 2.75) is 32.1 Å². The number of nitrogens with one attached hydrogen (secondary N) is 1. The number of anilines is 3. The van der Waals surface area contributed by atoms with Gasteiger partial charge in [0.05, 0.1) is 11.4 Å². The number of phenolic OH excluding ortho intramolecular Hbond substituents is 1. The summed E-state index contributed by atoms with van der Waals surface area (Å²) in [6.07, 6.45) is 7.69. The van der Waals surface area contributed by atoms with Crippen LogP contribution in [-0.2, 0) is 17.6 Å². The first-order valence-electron chi connectivity index (χ1n) is 13.1. The highest BCUT2D eigenvalue weighted by Crippen LogP contribution is 2.33. The van der Waals surface area contributed by atoms with Gasteiger partial charge in [-0.05, 0) is 60.7 Å². The molecule has 0 spiro atoms. The van der Waals surface area contributed by atoms with Crippen molar-refractivity contribution >= 4 is 23.1 Å². The fourth-order valence-corrected chi connectivity index (χ4v) is 4.88. The highest BCUT2D eigenvalue weighted by atomic mass is 16.3. The Morgan fingerprint density at radius 1 is 0.974 bits per heavy atom. The maximum atomic E-state index is 12.0. The number of aromatic hydroxyl groups is 1. The Morgan fingerprint density at radius 2 is 1.76 bits per heavy atom. The second kappa shape index (κ2) is 11.7. The molecule has 0 aliphatic carbocycles. The van der Waals surface area contributed by atoms with Crippen molar-refractivity contribution in [2.75, 3.05) is 23.3 Å². The summed E-state index contributed by atoms with van der Waals surface area (Å²) in [6, 6.07) is 23.7. The molecular weight excluding hydrogens is 472 g/mol. The molecular formula is C32H32N4O2. The van der Waals surface area contributed by atoms with Crippen molar-refractivity contribution < 1.29 is 9.90 Å². The van der Waals surface area contributed by atoms with Crippen LogP contribution in [0.5, 0.6) is 5.75 Å². The monoisotopic (exact) mass is 504 g/mol. The highest BCUT2D eigenvalue weighted by Gasteiger charge is 2.16. The van der Waals surface area contributed by atoms with Gasteiger partial charge in [-0.2, -0.15) is 0 Å². The first-order chi connectivity index (χ1) is 18.6. The minimum Gasteiger partial charge on any atom is -0.506 e. The number of phenols is 1. The number of aromatic nitrogens is 2. The number of allylic oxidation sites excluding steroid dienone is 1. The van der Waals surface area contributed by atoms with E-state index in [0.29, 0.717) is 18.8 Å². The topological polar surface area (TPSA) is 78.3 Å². The number of hydrogen-bond acceptors (Lipinski definition) is 6. The van der Waals surface area contributed by atoms with Crippen molar-refractivity contribution in [3.8, 4) is 17.0 Å². The van der Waals surface area contributed by atoms with Crippen LogP contribution in [0.15, 0.2) is 91.6 Å². The summed E-state index contributed by atoms with van der Waals surface area (Å²) in [5.41, 5.74) is 6.46. The van der Waals surface area contributed by atoms with Crippen molar-refractivity contribution in [2.24, 2.45) is 0 Å². The zero-order chi connectivity index (χ0) is 26.3. The van der Waals surface area contributed by atoms with Gasteiger partial charge in [-0.15, -0.1) is 0 Å². The number of carbonyl (C=O) groups excluding carboxylic acids is 1. The Hall–Kier alpha value is -4.45. The summed E-state index contributed by atoms with van der Waals surface area (Å²) in [5.74, 6) is 0.733. The maximum Gasteiger partial charge on any atom is 0.227 e. The molecule has 3 aromatic carbocycles. The van der Waals surface area contributed by atoms with Crippen LogP contribution < -0.4 is 10.2 Å². The zero-order valence-electron chi connectivity index (χ0n) is 21.4. The summed E-state index contributed by atoms with van der Waals surface area (Å²) in [4.78, 5) is 23.8. The number of ketones is 1. The minimum atomic E-state index is -0.0199. The van der Waals surface area contributed by atoms with E-state index < -0.39 is 0 Å². The third-order valence-electron chi connectivity index (χ3n) is 6.84. The van der Waals surface area contributed by atoms with Gasteiger partial charge in [-0.1, -0.05) is 55.1 Å². The summed E-state index contributed by atoms with van der Waals surface area (Å²) >= 11 is 0. The molecule has 4 aromatic rings. The SMILES string of the molecule is C=CC(=O)Cc1cccc(-c2nc(Nc3ccc(O)c(N4CCCCC4)c3)ncc2Cc2ccccc2)c1. The van der Waals surface area contributed by atoms with E-state index in [0.717, 1.165) is 59.7 Å². The van der Waals surface area contributed by atoms with Crippen LogP contribution in [0.2, 0.25) is 0 Å². The largest absolute Gasteiger partial charge is 0.506 e. The molecule has 1 fully saturated rings. The normalized spacial score (nSPS) is 13.2. The van der Waals surface area contributed by atoms with Crippen LogP contribution in [0.3, 0.4) is 0 Å². The van der Waals surface area contributed by atoms with Crippen molar-refractivity contribution in [3.05, 3.63) is 108 Å². The third-order valence-corrected chi connectivity index (χ3v) is 6.84. The first kappa shape index (κ1) is 25.2. The zero-order valence-corrected chi connectivity index (χ0v) is 21.4. The lowest BCUT2D eigenvalue weighted by atomic mass is 9.98. The number of hydrogen-bond donors (Lipinski definition) is 2. The molecule has 0 bridgehead atoms. The second-order valence-electron chi connectivity index (χ2n) is 9.65. The van der Waals surface area contributed by atoms with Gasteiger partial charge in [0, 0.05) is 48.9 Å². The number of rotatable bonds is 9.